The highest BCUT2D eigenvalue weighted by molar-refractivity contribution is 7.99. The van der Waals surface area contributed by atoms with Crippen molar-refractivity contribution in [3.05, 3.63) is 17.5 Å². The van der Waals surface area contributed by atoms with E-state index in [9.17, 15) is 4.79 Å². The summed E-state index contributed by atoms with van der Waals surface area (Å²) in [5.74, 6) is 0.674. The minimum atomic E-state index is -0.879. The molecule has 0 aliphatic heterocycles. The number of thioether (sulfide) groups is 1. The van der Waals surface area contributed by atoms with Gasteiger partial charge in [0.05, 0.1) is 11.9 Å². The number of aromatic carboxylic acids is 1. The second-order valence-corrected chi connectivity index (χ2v) is 6.43. The van der Waals surface area contributed by atoms with Gasteiger partial charge in [-0.3, -0.25) is 4.68 Å². The number of hydrogen-bond acceptors (Lipinski definition) is 3. The molecule has 0 amide bonds. The van der Waals surface area contributed by atoms with Crippen molar-refractivity contribution in [2.24, 2.45) is 13.0 Å². The highest BCUT2D eigenvalue weighted by atomic mass is 32.2. The molecule has 1 aliphatic rings. The highest BCUT2D eigenvalue weighted by Crippen LogP contribution is 2.33. The van der Waals surface area contributed by atoms with Crippen LogP contribution in [0.25, 0.3) is 0 Å². The molecule has 0 radical (unpaired) electrons. The second-order valence-electron chi connectivity index (χ2n) is 5.14. The van der Waals surface area contributed by atoms with E-state index in [2.05, 4.69) is 12.0 Å². The number of rotatable bonds is 4. The van der Waals surface area contributed by atoms with E-state index in [0.717, 1.165) is 17.4 Å². The van der Waals surface area contributed by atoms with Crippen LogP contribution in [-0.2, 0) is 12.8 Å². The van der Waals surface area contributed by atoms with Gasteiger partial charge in [-0.15, -0.1) is 0 Å². The van der Waals surface area contributed by atoms with Crippen LogP contribution in [0.5, 0.6) is 0 Å². The predicted octanol–water partition coefficient (Wildman–Crippen LogP) is 2.93. The van der Waals surface area contributed by atoms with Crippen LogP contribution in [0.4, 0.5) is 0 Å². The lowest BCUT2D eigenvalue weighted by molar-refractivity contribution is 0.0696. The van der Waals surface area contributed by atoms with Gasteiger partial charge < -0.3 is 5.11 Å². The Hall–Kier alpha value is -0.970. The van der Waals surface area contributed by atoms with Crippen molar-refractivity contribution in [1.29, 1.82) is 0 Å². The van der Waals surface area contributed by atoms with Crippen molar-refractivity contribution in [2.45, 2.75) is 43.6 Å². The zero-order chi connectivity index (χ0) is 13.1. The summed E-state index contributed by atoms with van der Waals surface area (Å²) in [6.45, 7) is 2.31. The van der Waals surface area contributed by atoms with Gasteiger partial charge in [-0.1, -0.05) is 19.8 Å². The maximum absolute atomic E-state index is 11.1. The van der Waals surface area contributed by atoms with Crippen LogP contribution in [0.3, 0.4) is 0 Å². The molecular formula is C13H20N2O2S. The van der Waals surface area contributed by atoms with Gasteiger partial charge in [0.2, 0.25) is 0 Å². The van der Waals surface area contributed by atoms with E-state index < -0.39 is 5.97 Å². The third kappa shape index (κ3) is 3.07. The first kappa shape index (κ1) is 13.5. The SMILES string of the molecule is CC1CCCC(SCc2c(C(=O)O)cnn2C)C1. The molecule has 4 nitrogen and oxygen atoms in total. The molecule has 1 heterocycles. The Kier molecular flexibility index (Phi) is 4.32. The number of nitrogens with zero attached hydrogens (tertiary/aromatic N) is 2. The quantitative estimate of drug-likeness (QED) is 0.912. The first-order chi connectivity index (χ1) is 8.58. The maximum Gasteiger partial charge on any atom is 0.339 e. The van der Waals surface area contributed by atoms with E-state index in [1.807, 2.05) is 18.8 Å². The average Bonchev–Trinajstić information content (AvgIpc) is 2.68. The Morgan fingerprint density at radius 1 is 1.61 bits per heavy atom. The molecule has 1 N–H and O–H groups in total. The molecule has 0 saturated heterocycles. The van der Waals surface area contributed by atoms with Gasteiger partial charge in [-0.05, 0) is 18.8 Å². The first-order valence-corrected chi connectivity index (χ1v) is 7.48. The van der Waals surface area contributed by atoms with Crippen molar-refractivity contribution in [3.63, 3.8) is 0 Å². The van der Waals surface area contributed by atoms with E-state index in [0.29, 0.717) is 10.8 Å². The van der Waals surface area contributed by atoms with Crippen LogP contribution in [0.2, 0.25) is 0 Å². The van der Waals surface area contributed by atoms with E-state index in [4.69, 9.17) is 5.11 Å². The molecule has 100 valence electrons. The average molecular weight is 268 g/mol. The molecule has 18 heavy (non-hydrogen) atoms. The molecule has 0 bridgehead atoms. The van der Waals surface area contributed by atoms with Crippen molar-refractivity contribution in [1.82, 2.24) is 9.78 Å². The molecule has 0 spiro atoms. The molecule has 5 heteroatoms. The lowest BCUT2D eigenvalue weighted by Crippen LogP contribution is -2.16. The monoisotopic (exact) mass is 268 g/mol. The Labute approximate surface area is 112 Å². The first-order valence-electron chi connectivity index (χ1n) is 6.43. The van der Waals surface area contributed by atoms with Gasteiger partial charge in [-0.25, -0.2) is 4.79 Å². The summed E-state index contributed by atoms with van der Waals surface area (Å²) >= 11 is 1.88. The molecule has 2 rings (SSSR count). The molecule has 1 aliphatic carbocycles. The smallest absolute Gasteiger partial charge is 0.339 e. The van der Waals surface area contributed by atoms with Crippen molar-refractivity contribution in [3.8, 4) is 0 Å². The molecule has 1 aromatic rings. The summed E-state index contributed by atoms with van der Waals surface area (Å²) in [5, 5.41) is 13.8. The van der Waals surface area contributed by atoms with Crippen molar-refractivity contribution < 1.29 is 9.90 Å². The normalized spacial score (nSPS) is 24.1. The van der Waals surface area contributed by atoms with Crippen LogP contribution in [-0.4, -0.2) is 26.1 Å². The van der Waals surface area contributed by atoms with Crippen molar-refractivity contribution >= 4 is 17.7 Å². The lowest BCUT2D eigenvalue weighted by atomic mass is 9.91. The predicted molar refractivity (Wildman–Crippen MR) is 72.9 cm³/mol. The third-order valence-corrected chi connectivity index (χ3v) is 4.98. The summed E-state index contributed by atoms with van der Waals surface area (Å²) in [6.07, 6.45) is 6.60. The molecule has 2 atom stereocenters. The summed E-state index contributed by atoms with van der Waals surface area (Å²) < 4.78 is 1.68. The fourth-order valence-corrected chi connectivity index (χ4v) is 4.07. The van der Waals surface area contributed by atoms with Crippen LogP contribution < -0.4 is 0 Å². The number of carboxylic acids is 1. The summed E-state index contributed by atoms with van der Waals surface area (Å²) in [7, 11) is 1.81. The van der Waals surface area contributed by atoms with Crippen LogP contribution in [0, 0.1) is 5.92 Å². The number of hydrogen-bond donors (Lipinski definition) is 1. The molecular weight excluding hydrogens is 248 g/mol. The minimum Gasteiger partial charge on any atom is -0.478 e. The standard InChI is InChI=1S/C13H20N2O2S/c1-9-4-3-5-10(6-9)18-8-12-11(13(16)17)7-14-15(12)2/h7,9-10H,3-6,8H2,1-2H3,(H,16,17). The van der Waals surface area contributed by atoms with Crippen molar-refractivity contribution in [2.75, 3.05) is 0 Å². The Morgan fingerprint density at radius 2 is 2.39 bits per heavy atom. The summed E-state index contributed by atoms with van der Waals surface area (Å²) in [6, 6.07) is 0. The third-order valence-electron chi connectivity index (χ3n) is 3.64. The van der Waals surface area contributed by atoms with Gasteiger partial charge in [0.1, 0.15) is 5.56 Å². The largest absolute Gasteiger partial charge is 0.478 e. The van der Waals surface area contributed by atoms with Crippen LogP contribution in [0.1, 0.15) is 48.7 Å². The number of aryl methyl sites for hydroxylation is 1. The Bertz CT molecular complexity index is 431. The topological polar surface area (TPSA) is 55.1 Å². The fraction of sp³-hybridized carbons (Fsp3) is 0.692. The molecule has 1 fully saturated rings. The van der Waals surface area contributed by atoms with Gasteiger partial charge >= 0.3 is 5.97 Å². The number of carboxylic acid groups (broad SMARTS) is 1. The zero-order valence-corrected chi connectivity index (χ0v) is 11.7. The fourth-order valence-electron chi connectivity index (χ4n) is 2.54. The number of carbonyl (C=O) groups is 1. The molecule has 2 unspecified atom stereocenters. The second kappa shape index (κ2) is 5.78. The lowest BCUT2D eigenvalue weighted by Gasteiger charge is -2.26. The van der Waals surface area contributed by atoms with Gasteiger partial charge in [0, 0.05) is 18.1 Å². The Morgan fingerprint density at radius 3 is 3.06 bits per heavy atom. The zero-order valence-electron chi connectivity index (χ0n) is 10.9. The van der Waals surface area contributed by atoms with Gasteiger partial charge in [0.15, 0.2) is 0 Å². The molecule has 1 saturated carbocycles. The summed E-state index contributed by atoms with van der Waals surface area (Å²) in [4.78, 5) is 11.1. The van der Waals surface area contributed by atoms with E-state index >= 15 is 0 Å². The van der Waals surface area contributed by atoms with E-state index in [-0.39, 0.29) is 0 Å². The van der Waals surface area contributed by atoms with Crippen LogP contribution >= 0.6 is 11.8 Å². The van der Waals surface area contributed by atoms with E-state index in [1.165, 1.54) is 31.9 Å². The van der Waals surface area contributed by atoms with Gasteiger partial charge in [-0.2, -0.15) is 16.9 Å². The Balaban J connectivity index is 1.97. The molecule has 1 aromatic heterocycles. The van der Waals surface area contributed by atoms with E-state index in [1.54, 1.807) is 4.68 Å². The maximum atomic E-state index is 11.1. The van der Waals surface area contributed by atoms with Gasteiger partial charge in [0.25, 0.3) is 0 Å². The number of aromatic nitrogens is 2. The highest BCUT2D eigenvalue weighted by Gasteiger charge is 2.21. The minimum absolute atomic E-state index is 0.342. The molecule has 0 aromatic carbocycles. The summed E-state index contributed by atoms with van der Waals surface area (Å²) in [5.41, 5.74) is 1.17. The van der Waals surface area contributed by atoms with Crippen LogP contribution in [0.15, 0.2) is 6.20 Å².